The fourth-order valence-corrected chi connectivity index (χ4v) is 5.17. The van der Waals surface area contributed by atoms with Gasteiger partial charge >= 0.3 is 0 Å². The normalized spacial score (nSPS) is 14.9. The first-order chi connectivity index (χ1) is 18.3. The fourth-order valence-electron chi connectivity index (χ4n) is 5.17. The molecular formula is C29H31N7O. The van der Waals surface area contributed by atoms with Gasteiger partial charge in [-0.15, -0.1) is 10.2 Å². The van der Waals surface area contributed by atoms with Crippen LogP contribution in [0.15, 0.2) is 54.9 Å². The number of piperidine rings is 1. The zero-order chi connectivity index (χ0) is 25.0. The predicted molar refractivity (Wildman–Crippen MR) is 145 cm³/mol. The Kier molecular flexibility index (Phi) is 6.62. The number of aryl methyl sites for hydroxylation is 1. The average Bonchev–Trinajstić information content (AvgIpc) is 3.46. The van der Waals surface area contributed by atoms with Crippen molar-refractivity contribution in [3.8, 4) is 22.9 Å². The van der Waals surface area contributed by atoms with Crippen molar-refractivity contribution in [1.29, 1.82) is 0 Å². The summed E-state index contributed by atoms with van der Waals surface area (Å²) in [7, 11) is 0. The van der Waals surface area contributed by atoms with E-state index in [9.17, 15) is 0 Å². The third kappa shape index (κ3) is 4.96. The number of benzene rings is 1. The minimum atomic E-state index is 0.515. The van der Waals surface area contributed by atoms with E-state index in [2.05, 4.69) is 35.4 Å². The Morgan fingerprint density at radius 3 is 2.54 bits per heavy atom. The van der Waals surface area contributed by atoms with Crippen LogP contribution in [0.5, 0.6) is 11.6 Å². The highest BCUT2D eigenvalue weighted by Crippen LogP contribution is 2.36. The second-order valence-electron chi connectivity index (χ2n) is 9.55. The quantitative estimate of drug-likeness (QED) is 0.340. The van der Waals surface area contributed by atoms with E-state index in [1.54, 1.807) is 12.4 Å². The fraction of sp³-hybridized carbons (Fsp3) is 0.345. The Morgan fingerprint density at radius 2 is 1.70 bits per heavy atom. The minimum absolute atomic E-state index is 0.515. The highest BCUT2D eigenvalue weighted by molar-refractivity contribution is 5.67. The Bertz CT molecular complexity index is 1380. The van der Waals surface area contributed by atoms with Crippen molar-refractivity contribution in [1.82, 2.24) is 25.1 Å². The minimum Gasteiger partial charge on any atom is -0.438 e. The van der Waals surface area contributed by atoms with Crippen molar-refractivity contribution in [2.45, 2.75) is 51.9 Å². The topological polar surface area (TPSA) is 89.0 Å². The lowest BCUT2D eigenvalue weighted by atomic mass is 10.1. The second kappa shape index (κ2) is 10.5. The van der Waals surface area contributed by atoms with Crippen LogP contribution in [0, 0.1) is 0 Å². The average molecular weight is 494 g/mol. The molecule has 0 bridgehead atoms. The highest BCUT2D eigenvalue weighted by atomic mass is 16.5. The third-order valence-electron chi connectivity index (χ3n) is 7.07. The number of fused-ring (bicyclic) bond motifs is 1. The number of rotatable bonds is 7. The summed E-state index contributed by atoms with van der Waals surface area (Å²) in [6.07, 6.45) is 11.3. The van der Waals surface area contributed by atoms with Gasteiger partial charge in [-0.25, -0.2) is 15.0 Å². The summed E-state index contributed by atoms with van der Waals surface area (Å²) < 4.78 is 6.17. The third-order valence-corrected chi connectivity index (χ3v) is 7.07. The Labute approximate surface area is 217 Å². The van der Waals surface area contributed by atoms with Gasteiger partial charge in [0.1, 0.15) is 11.6 Å². The van der Waals surface area contributed by atoms with Gasteiger partial charge in [-0.1, -0.05) is 6.92 Å². The molecule has 3 aromatic heterocycles. The van der Waals surface area contributed by atoms with Crippen molar-refractivity contribution in [2.75, 3.05) is 23.3 Å². The molecular weight excluding hydrogens is 462 g/mol. The SMILES string of the molecule is CCc1nccc(-c2cccnc2Oc2ccc(Nc3nnc(N4CCCCC4)c4c3CCC4)cc2)n1. The molecule has 4 aromatic rings. The summed E-state index contributed by atoms with van der Waals surface area (Å²) in [5, 5.41) is 12.8. The van der Waals surface area contributed by atoms with Crippen LogP contribution in [0.2, 0.25) is 0 Å². The van der Waals surface area contributed by atoms with Gasteiger partial charge in [-0.2, -0.15) is 0 Å². The molecule has 8 nitrogen and oxygen atoms in total. The molecule has 0 unspecified atom stereocenters. The standard InChI is InChI=1S/C29H31N7O/c1-2-26-30-17-15-25(33-26)24-10-7-16-31-29(24)37-21-13-11-20(12-14-21)32-27-22-8-6-9-23(22)28(35-34-27)36-18-4-3-5-19-36/h7,10-17H,2-6,8-9,18-19H2,1H3,(H,32,34). The summed E-state index contributed by atoms with van der Waals surface area (Å²) in [6, 6.07) is 13.6. The number of aromatic nitrogens is 5. The molecule has 0 radical (unpaired) electrons. The zero-order valence-electron chi connectivity index (χ0n) is 21.2. The first-order valence-electron chi connectivity index (χ1n) is 13.2. The molecule has 8 heteroatoms. The van der Waals surface area contributed by atoms with E-state index in [4.69, 9.17) is 4.74 Å². The largest absolute Gasteiger partial charge is 0.438 e. The van der Waals surface area contributed by atoms with Gasteiger partial charge in [-0.05, 0) is 81.0 Å². The molecule has 4 heterocycles. The number of hydrogen-bond acceptors (Lipinski definition) is 8. The van der Waals surface area contributed by atoms with Crippen molar-refractivity contribution in [3.05, 3.63) is 71.8 Å². The van der Waals surface area contributed by atoms with Crippen LogP contribution in [0.4, 0.5) is 17.3 Å². The van der Waals surface area contributed by atoms with Crippen LogP contribution in [-0.2, 0) is 19.3 Å². The van der Waals surface area contributed by atoms with Gasteiger partial charge in [0.15, 0.2) is 11.6 Å². The monoisotopic (exact) mass is 493 g/mol. The van der Waals surface area contributed by atoms with Gasteiger partial charge in [0, 0.05) is 48.7 Å². The first kappa shape index (κ1) is 23.3. The Balaban J connectivity index is 1.19. The Morgan fingerprint density at radius 1 is 0.865 bits per heavy atom. The van der Waals surface area contributed by atoms with Gasteiger partial charge in [0.2, 0.25) is 5.88 Å². The van der Waals surface area contributed by atoms with Crippen LogP contribution >= 0.6 is 0 Å². The van der Waals surface area contributed by atoms with Crippen molar-refractivity contribution in [3.63, 3.8) is 0 Å². The van der Waals surface area contributed by atoms with Crippen LogP contribution in [0.3, 0.4) is 0 Å². The summed E-state index contributed by atoms with van der Waals surface area (Å²) in [5.41, 5.74) is 5.27. The molecule has 1 aliphatic carbocycles. The number of pyridine rings is 1. The number of hydrogen-bond donors (Lipinski definition) is 1. The number of anilines is 3. The maximum absolute atomic E-state index is 6.17. The molecule has 6 rings (SSSR count). The van der Waals surface area contributed by atoms with Crippen LogP contribution < -0.4 is 15.0 Å². The van der Waals surface area contributed by atoms with E-state index >= 15 is 0 Å². The first-order valence-corrected chi connectivity index (χ1v) is 13.2. The number of nitrogens with one attached hydrogen (secondary N) is 1. The smallest absolute Gasteiger partial charge is 0.228 e. The molecule has 0 spiro atoms. The van der Waals surface area contributed by atoms with E-state index in [0.717, 1.165) is 73.2 Å². The molecule has 0 amide bonds. The lowest BCUT2D eigenvalue weighted by Crippen LogP contribution is -2.31. The molecule has 1 N–H and O–H groups in total. The van der Waals surface area contributed by atoms with E-state index in [1.807, 2.05) is 49.4 Å². The Hall–Kier alpha value is -4.07. The molecule has 0 saturated carbocycles. The lowest BCUT2D eigenvalue weighted by Gasteiger charge is -2.29. The van der Waals surface area contributed by atoms with E-state index in [0.29, 0.717) is 11.6 Å². The number of nitrogens with zero attached hydrogens (tertiary/aromatic N) is 6. The maximum Gasteiger partial charge on any atom is 0.228 e. The molecule has 2 aliphatic rings. The van der Waals surface area contributed by atoms with Crippen LogP contribution in [0.25, 0.3) is 11.3 Å². The molecule has 37 heavy (non-hydrogen) atoms. The molecule has 1 aliphatic heterocycles. The number of ether oxygens (including phenoxy) is 1. The predicted octanol–water partition coefficient (Wildman–Crippen LogP) is 5.91. The molecule has 188 valence electrons. The molecule has 0 atom stereocenters. The van der Waals surface area contributed by atoms with Gasteiger partial charge in [0.05, 0.1) is 11.3 Å². The van der Waals surface area contributed by atoms with E-state index < -0.39 is 0 Å². The van der Waals surface area contributed by atoms with Crippen molar-refractivity contribution < 1.29 is 4.74 Å². The second-order valence-corrected chi connectivity index (χ2v) is 9.55. The van der Waals surface area contributed by atoms with Crippen molar-refractivity contribution >= 4 is 17.3 Å². The lowest BCUT2D eigenvalue weighted by molar-refractivity contribution is 0.465. The summed E-state index contributed by atoms with van der Waals surface area (Å²) >= 11 is 0. The zero-order valence-corrected chi connectivity index (χ0v) is 21.2. The summed E-state index contributed by atoms with van der Waals surface area (Å²) in [4.78, 5) is 15.8. The van der Waals surface area contributed by atoms with Gasteiger partial charge in [0.25, 0.3) is 0 Å². The van der Waals surface area contributed by atoms with Gasteiger partial charge < -0.3 is 15.0 Å². The van der Waals surface area contributed by atoms with E-state index in [-0.39, 0.29) is 0 Å². The summed E-state index contributed by atoms with van der Waals surface area (Å²) in [6.45, 7) is 4.22. The highest BCUT2D eigenvalue weighted by Gasteiger charge is 2.25. The van der Waals surface area contributed by atoms with Crippen LogP contribution in [-0.4, -0.2) is 38.2 Å². The molecule has 1 aromatic carbocycles. The van der Waals surface area contributed by atoms with Gasteiger partial charge in [-0.3, -0.25) is 0 Å². The molecule has 1 fully saturated rings. The summed E-state index contributed by atoms with van der Waals surface area (Å²) in [5.74, 6) is 3.97. The van der Waals surface area contributed by atoms with Crippen molar-refractivity contribution in [2.24, 2.45) is 0 Å². The van der Waals surface area contributed by atoms with Crippen LogP contribution in [0.1, 0.15) is 49.6 Å². The maximum atomic E-state index is 6.17. The molecule has 1 saturated heterocycles. The van der Waals surface area contributed by atoms with E-state index in [1.165, 1.54) is 30.4 Å².